The van der Waals surface area contributed by atoms with Crippen molar-refractivity contribution in [2.24, 2.45) is 5.73 Å². The second kappa shape index (κ2) is 5.71. The van der Waals surface area contributed by atoms with E-state index in [1.54, 1.807) is 0 Å². The van der Waals surface area contributed by atoms with Crippen LogP contribution in [0.1, 0.15) is 24.8 Å². The molecule has 0 saturated carbocycles. The van der Waals surface area contributed by atoms with Crippen molar-refractivity contribution in [1.29, 1.82) is 0 Å². The van der Waals surface area contributed by atoms with Crippen molar-refractivity contribution in [3.8, 4) is 0 Å². The molecule has 1 saturated heterocycles. The summed E-state index contributed by atoms with van der Waals surface area (Å²) in [6.45, 7) is 2.98. The SMILES string of the molecule is NCC=Cc1ccccc1N1CCCCC1. The van der Waals surface area contributed by atoms with Gasteiger partial charge in [-0.3, -0.25) is 0 Å². The Balaban J connectivity index is 2.20. The standard InChI is InChI=1S/C14H20N2/c15-10-6-8-13-7-2-3-9-14(13)16-11-4-1-5-12-16/h2-3,6-9H,1,4-5,10-12,15H2. The minimum atomic E-state index is 0.605. The largest absolute Gasteiger partial charge is 0.371 e. The van der Waals surface area contributed by atoms with Crippen LogP contribution in [0.2, 0.25) is 0 Å². The smallest absolute Gasteiger partial charge is 0.0439 e. The summed E-state index contributed by atoms with van der Waals surface area (Å²) >= 11 is 0. The molecule has 2 rings (SSSR count). The van der Waals surface area contributed by atoms with Gasteiger partial charge >= 0.3 is 0 Å². The second-order valence-electron chi connectivity index (χ2n) is 4.24. The van der Waals surface area contributed by atoms with Crippen LogP contribution in [-0.4, -0.2) is 19.6 Å². The van der Waals surface area contributed by atoms with Crippen LogP contribution in [0, 0.1) is 0 Å². The summed E-state index contributed by atoms with van der Waals surface area (Å²) in [5.74, 6) is 0. The van der Waals surface area contributed by atoms with E-state index in [1.165, 1.54) is 43.6 Å². The first-order valence-corrected chi connectivity index (χ1v) is 6.12. The van der Waals surface area contributed by atoms with Gasteiger partial charge in [0.1, 0.15) is 0 Å². The summed E-state index contributed by atoms with van der Waals surface area (Å²) in [5, 5.41) is 0. The molecule has 1 aromatic carbocycles. The number of piperidine rings is 1. The van der Waals surface area contributed by atoms with Gasteiger partial charge in [0.05, 0.1) is 0 Å². The lowest BCUT2D eigenvalue weighted by molar-refractivity contribution is 0.577. The number of nitrogens with two attached hydrogens (primary N) is 1. The molecule has 86 valence electrons. The first-order valence-electron chi connectivity index (χ1n) is 6.12. The molecule has 1 aliphatic heterocycles. The average molecular weight is 216 g/mol. The van der Waals surface area contributed by atoms with Gasteiger partial charge in [0, 0.05) is 25.3 Å². The fraction of sp³-hybridized carbons (Fsp3) is 0.429. The molecule has 1 heterocycles. The van der Waals surface area contributed by atoms with Crippen LogP contribution in [-0.2, 0) is 0 Å². The number of hydrogen-bond donors (Lipinski definition) is 1. The van der Waals surface area contributed by atoms with Crippen LogP contribution in [0.4, 0.5) is 5.69 Å². The number of benzene rings is 1. The molecule has 0 aromatic heterocycles. The third-order valence-electron chi connectivity index (χ3n) is 3.07. The van der Waals surface area contributed by atoms with Gasteiger partial charge in [-0.1, -0.05) is 30.4 Å². The Morgan fingerprint density at radius 3 is 2.62 bits per heavy atom. The maximum atomic E-state index is 5.50. The highest BCUT2D eigenvalue weighted by molar-refractivity contribution is 5.67. The number of anilines is 1. The van der Waals surface area contributed by atoms with E-state index in [2.05, 4.69) is 35.2 Å². The lowest BCUT2D eigenvalue weighted by Gasteiger charge is -2.30. The first-order chi connectivity index (χ1) is 7.92. The predicted molar refractivity (Wildman–Crippen MR) is 70.6 cm³/mol. The van der Waals surface area contributed by atoms with Crippen molar-refractivity contribution in [1.82, 2.24) is 0 Å². The number of nitrogens with zero attached hydrogens (tertiary/aromatic N) is 1. The highest BCUT2D eigenvalue weighted by Gasteiger charge is 2.12. The average Bonchev–Trinajstić information content (AvgIpc) is 2.38. The van der Waals surface area contributed by atoms with E-state index in [-0.39, 0.29) is 0 Å². The van der Waals surface area contributed by atoms with E-state index in [9.17, 15) is 0 Å². The molecule has 0 bridgehead atoms. The lowest BCUT2D eigenvalue weighted by atomic mass is 10.1. The predicted octanol–water partition coefficient (Wildman–Crippen LogP) is 2.65. The Morgan fingerprint density at radius 2 is 1.88 bits per heavy atom. The van der Waals surface area contributed by atoms with Crippen LogP contribution in [0.5, 0.6) is 0 Å². The molecule has 1 aliphatic rings. The Hall–Kier alpha value is -1.28. The van der Waals surface area contributed by atoms with Crippen molar-refractivity contribution in [2.45, 2.75) is 19.3 Å². The highest BCUT2D eigenvalue weighted by Crippen LogP contribution is 2.24. The molecule has 1 aromatic rings. The summed E-state index contributed by atoms with van der Waals surface area (Å²) in [7, 11) is 0. The summed E-state index contributed by atoms with van der Waals surface area (Å²) in [4.78, 5) is 2.49. The van der Waals surface area contributed by atoms with Crippen LogP contribution in [0.15, 0.2) is 30.3 Å². The number of para-hydroxylation sites is 1. The second-order valence-corrected chi connectivity index (χ2v) is 4.24. The Labute approximate surface area is 97.8 Å². The molecule has 0 spiro atoms. The van der Waals surface area contributed by atoms with E-state index < -0.39 is 0 Å². The Kier molecular flexibility index (Phi) is 4.00. The molecule has 0 unspecified atom stereocenters. The van der Waals surface area contributed by atoms with Crippen LogP contribution in [0.25, 0.3) is 6.08 Å². The monoisotopic (exact) mass is 216 g/mol. The third kappa shape index (κ3) is 2.64. The fourth-order valence-corrected chi connectivity index (χ4v) is 2.25. The van der Waals surface area contributed by atoms with Gasteiger partial charge in [-0.25, -0.2) is 0 Å². The van der Waals surface area contributed by atoms with E-state index >= 15 is 0 Å². The molecule has 0 atom stereocenters. The van der Waals surface area contributed by atoms with Gasteiger partial charge in [0.2, 0.25) is 0 Å². The molecule has 16 heavy (non-hydrogen) atoms. The normalized spacial score (nSPS) is 16.9. The third-order valence-corrected chi connectivity index (χ3v) is 3.07. The first kappa shape index (κ1) is 11.2. The van der Waals surface area contributed by atoms with Crippen LogP contribution < -0.4 is 10.6 Å². The zero-order valence-electron chi connectivity index (χ0n) is 9.73. The van der Waals surface area contributed by atoms with E-state index in [0.717, 1.165) is 0 Å². The van der Waals surface area contributed by atoms with Crippen molar-refractivity contribution < 1.29 is 0 Å². The molecular weight excluding hydrogens is 196 g/mol. The van der Waals surface area contributed by atoms with Crippen molar-refractivity contribution in [3.63, 3.8) is 0 Å². The minimum Gasteiger partial charge on any atom is -0.371 e. The van der Waals surface area contributed by atoms with Crippen LogP contribution in [0.3, 0.4) is 0 Å². The molecule has 0 radical (unpaired) electrons. The van der Waals surface area contributed by atoms with Crippen molar-refractivity contribution in [3.05, 3.63) is 35.9 Å². The van der Waals surface area contributed by atoms with E-state index in [1.807, 2.05) is 6.08 Å². The maximum absolute atomic E-state index is 5.50. The topological polar surface area (TPSA) is 29.3 Å². The van der Waals surface area contributed by atoms with Crippen molar-refractivity contribution in [2.75, 3.05) is 24.5 Å². The summed E-state index contributed by atoms with van der Waals surface area (Å²) in [5.41, 5.74) is 8.14. The fourth-order valence-electron chi connectivity index (χ4n) is 2.25. The van der Waals surface area contributed by atoms with E-state index in [4.69, 9.17) is 5.73 Å². The van der Waals surface area contributed by atoms with Gasteiger partial charge in [-0.2, -0.15) is 0 Å². The molecule has 0 amide bonds. The molecule has 0 aliphatic carbocycles. The van der Waals surface area contributed by atoms with Gasteiger partial charge in [0.15, 0.2) is 0 Å². The van der Waals surface area contributed by atoms with Gasteiger partial charge in [0.25, 0.3) is 0 Å². The number of hydrogen-bond acceptors (Lipinski definition) is 2. The molecule has 2 N–H and O–H groups in total. The molecule has 1 fully saturated rings. The Morgan fingerprint density at radius 1 is 1.12 bits per heavy atom. The molecular formula is C14H20N2. The zero-order chi connectivity index (χ0) is 11.2. The van der Waals surface area contributed by atoms with Gasteiger partial charge in [-0.05, 0) is 30.9 Å². The van der Waals surface area contributed by atoms with Crippen molar-refractivity contribution >= 4 is 11.8 Å². The lowest BCUT2D eigenvalue weighted by Crippen LogP contribution is -2.29. The summed E-state index contributed by atoms with van der Waals surface area (Å²) < 4.78 is 0. The molecule has 2 heteroatoms. The van der Waals surface area contributed by atoms with E-state index in [0.29, 0.717) is 6.54 Å². The van der Waals surface area contributed by atoms with Gasteiger partial charge < -0.3 is 10.6 Å². The molecule has 2 nitrogen and oxygen atoms in total. The highest BCUT2D eigenvalue weighted by atomic mass is 15.1. The summed E-state index contributed by atoms with van der Waals surface area (Å²) in [6, 6.07) is 8.57. The van der Waals surface area contributed by atoms with Gasteiger partial charge in [-0.15, -0.1) is 0 Å². The minimum absolute atomic E-state index is 0.605. The quantitative estimate of drug-likeness (QED) is 0.841. The summed E-state index contributed by atoms with van der Waals surface area (Å²) in [6.07, 6.45) is 8.15. The van der Waals surface area contributed by atoms with Crippen LogP contribution >= 0.6 is 0 Å². The number of rotatable bonds is 3. The Bertz CT molecular complexity index is 352. The maximum Gasteiger partial charge on any atom is 0.0439 e. The zero-order valence-corrected chi connectivity index (χ0v) is 9.73.